The van der Waals surface area contributed by atoms with Crippen LogP contribution in [0.5, 0.6) is 0 Å². The molecule has 0 saturated heterocycles. The van der Waals surface area contributed by atoms with Crippen LogP contribution in [-0.4, -0.2) is 37.9 Å². The second kappa shape index (κ2) is 13.5. The molecule has 0 rings (SSSR count). The van der Waals surface area contributed by atoms with Crippen molar-refractivity contribution in [1.29, 1.82) is 0 Å². The van der Waals surface area contributed by atoms with Crippen molar-refractivity contribution in [3.8, 4) is 0 Å². The molecule has 0 amide bonds. The summed E-state index contributed by atoms with van der Waals surface area (Å²) in [4.78, 5) is 10.6. The molecule has 0 aliphatic carbocycles. The summed E-state index contributed by atoms with van der Waals surface area (Å²) >= 11 is 0. The predicted octanol–water partition coefficient (Wildman–Crippen LogP) is 1.53. The first-order chi connectivity index (χ1) is 7.95. The highest BCUT2D eigenvalue weighted by atomic mass is 31.1. The molecule has 2 N–H and O–H groups in total. The van der Waals surface area contributed by atoms with Crippen LogP contribution in [0.3, 0.4) is 0 Å². The lowest BCUT2D eigenvalue weighted by molar-refractivity contribution is -0.148. The van der Waals surface area contributed by atoms with E-state index in [1.54, 1.807) is 20.8 Å². The Kier molecular flexibility index (Phi) is 15.0. The summed E-state index contributed by atoms with van der Waals surface area (Å²) in [6.07, 6.45) is -0.0662. The molecule has 102 valence electrons. The molecule has 0 fully saturated rings. The number of ether oxygens (including phenoxy) is 2. The lowest BCUT2D eigenvalue weighted by Crippen LogP contribution is -2.30. The molecule has 0 saturated carbocycles. The van der Waals surface area contributed by atoms with Gasteiger partial charge in [0.15, 0.2) is 0 Å². The highest BCUT2D eigenvalue weighted by Crippen LogP contribution is 1.91. The van der Waals surface area contributed by atoms with E-state index in [0.29, 0.717) is 19.8 Å². The summed E-state index contributed by atoms with van der Waals surface area (Å²) < 4.78 is 23.6. The highest BCUT2D eigenvalue weighted by Gasteiger charge is 2.09. The van der Waals surface area contributed by atoms with Crippen molar-refractivity contribution >= 4 is 14.7 Å². The molecule has 0 aromatic heterocycles. The lowest BCUT2D eigenvalue weighted by Gasteiger charge is -2.08. The summed E-state index contributed by atoms with van der Waals surface area (Å²) in [5.74, 6) is -0.343. The van der Waals surface area contributed by atoms with E-state index in [9.17, 15) is 9.36 Å². The number of hydrogen-bond donors (Lipinski definition) is 1. The minimum atomic E-state index is -0.507. The zero-order valence-electron chi connectivity index (χ0n) is 10.8. The van der Waals surface area contributed by atoms with Gasteiger partial charge in [-0.2, -0.15) is 0 Å². The third-order valence-electron chi connectivity index (χ3n) is 1.30. The fourth-order valence-electron chi connectivity index (χ4n) is 0.617. The van der Waals surface area contributed by atoms with Crippen LogP contribution in [0.4, 0.5) is 0 Å². The molecule has 0 spiro atoms. The van der Waals surface area contributed by atoms with Gasteiger partial charge in [0.2, 0.25) is 0 Å². The van der Waals surface area contributed by atoms with Gasteiger partial charge in [0.1, 0.15) is 6.04 Å². The second-order valence-electron chi connectivity index (χ2n) is 3.38. The van der Waals surface area contributed by atoms with Crippen LogP contribution in [0, 0.1) is 0 Å². The van der Waals surface area contributed by atoms with Crippen molar-refractivity contribution in [2.45, 2.75) is 39.8 Å². The Balaban J connectivity index is 0. The summed E-state index contributed by atoms with van der Waals surface area (Å²) in [6.45, 7) is 8.68. The van der Waals surface area contributed by atoms with Crippen molar-refractivity contribution in [1.82, 2.24) is 0 Å². The zero-order valence-corrected chi connectivity index (χ0v) is 11.7. The van der Waals surface area contributed by atoms with E-state index in [-0.39, 0.29) is 20.8 Å². The fraction of sp³-hybridized carbons (Fsp3) is 0.900. The van der Waals surface area contributed by atoms with E-state index >= 15 is 0 Å². The number of hydrogen-bond acceptors (Lipinski definition) is 6. The molecule has 0 bridgehead atoms. The van der Waals surface area contributed by atoms with Crippen LogP contribution in [0.25, 0.3) is 0 Å². The predicted molar refractivity (Wildman–Crippen MR) is 64.9 cm³/mol. The number of nitrogens with two attached hydrogens (primary N) is 1. The summed E-state index contributed by atoms with van der Waals surface area (Å²) in [5.41, 5.74) is 5.21. The Morgan fingerprint density at radius 3 is 2.18 bits per heavy atom. The van der Waals surface area contributed by atoms with Crippen molar-refractivity contribution in [2.75, 3.05) is 19.8 Å². The third kappa shape index (κ3) is 18.0. The summed E-state index contributed by atoms with van der Waals surface area (Å²) in [7, 11) is -0.269. The number of carbonyl (C=O) groups is 1. The first kappa shape index (κ1) is 18.8. The van der Waals surface area contributed by atoms with Gasteiger partial charge in [-0.3, -0.25) is 9.32 Å². The van der Waals surface area contributed by atoms with Crippen LogP contribution < -0.4 is 5.73 Å². The second-order valence-corrected chi connectivity index (χ2v) is 3.79. The van der Waals surface area contributed by atoms with Crippen molar-refractivity contribution in [2.24, 2.45) is 5.73 Å². The van der Waals surface area contributed by atoms with Crippen molar-refractivity contribution < 1.29 is 23.4 Å². The Morgan fingerprint density at radius 2 is 1.88 bits per heavy atom. The average molecular weight is 267 g/mol. The number of carbonyl (C=O) groups excluding carboxylic acids is 1. The molecular weight excluding hydrogens is 245 g/mol. The van der Waals surface area contributed by atoms with E-state index in [2.05, 4.69) is 4.52 Å². The van der Waals surface area contributed by atoms with Crippen LogP contribution in [-0.2, 0) is 23.4 Å². The van der Waals surface area contributed by atoms with Gasteiger partial charge in [-0.1, -0.05) is 0 Å². The SMILES string of the molecule is CC(C)OC(=O)[C@H](C)N.CCOCCOP=O. The molecular formula is C10H22NO5P. The molecule has 7 heteroatoms. The molecule has 1 atom stereocenters. The summed E-state index contributed by atoms with van der Waals surface area (Å²) in [5, 5.41) is 0. The van der Waals surface area contributed by atoms with Gasteiger partial charge in [-0.15, -0.1) is 0 Å². The maximum Gasteiger partial charge on any atom is 0.327 e. The largest absolute Gasteiger partial charge is 0.462 e. The number of esters is 1. The van der Waals surface area contributed by atoms with Gasteiger partial charge in [-0.25, -0.2) is 4.57 Å². The van der Waals surface area contributed by atoms with E-state index in [1.165, 1.54) is 0 Å². The molecule has 6 nitrogen and oxygen atoms in total. The minimum absolute atomic E-state index is 0.0662. The zero-order chi connectivity index (χ0) is 13.7. The molecule has 0 radical (unpaired) electrons. The first-order valence-corrected chi connectivity index (χ1v) is 6.17. The molecule has 0 aromatic rings. The maximum absolute atomic E-state index is 10.6. The molecule has 0 aliphatic heterocycles. The summed E-state index contributed by atoms with van der Waals surface area (Å²) in [6, 6.07) is -0.507. The van der Waals surface area contributed by atoms with E-state index in [1.807, 2.05) is 6.92 Å². The first-order valence-electron chi connectivity index (χ1n) is 5.44. The van der Waals surface area contributed by atoms with Crippen molar-refractivity contribution in [3.05, 3.63) is 0 Å². The Labute approximate surface area is 104 Å². The van der Waals surface area contributed by atoms with Crippen LogP contribution in [0.1, 0.15) is 27.7 Å². The fourth-order valence-corrected chi connectivity index (χ4v) is 0.767. The lowest BCUT2D eigenvalue weighted by atomic mass is 10.4. The van der Waals surface area contributed by atoms with E-state index < -0.39 is 6.04 Å². The Bertz CT molecular complexity index is 199. The smallest absolute Gasteiger partial charge is 0.327 e. The minimum Gasteiger partial charge on any atom is -0.462 e. The van der Waals surface area contributed by atoms with Gasteiger partial charge < -0.3 is 15.2 Å². The normalized spacial score (nSPS) is 11.9. The van der Waals surface area contributed by atoms with Crippen molar-refractivity contribution in [3.63, 3.8) is 0 Å². The standard InChI is InChI=1S/C6H13NO2.C4H9O3P/c1-4(2)9-6(8)5(3)7;1-2-6-3-4-7-8-5/h4-5H,7H2,1-3H3;2-4H2,1H3/t5-;/m0./s1. The topological polar surface area (TPSA) is 87.8 Å². The molecule has 0 aromatic carbocycles. The molecule has 17 heavy (non-hydrogen) atoms. The van der Waals surface area contributed by atoms with Crippen LogP contribution >= 0.6 is 8.69 Å². The monoisotopic (exact) mass is 267 g/mol. The third-order valence-corrected chi connectivity index (χ3v) is 1.59. The van der Waals surface area contributed by atoms with Gasteiger partial charge >= 0.3 is 14.7 Å². The molecule has 0 heterocycles. The molecule has 0 aliphatic rings. The Morgan fingerprint density at radius 1 is 1.29 bits per heavy atom. The van der Waals surface area contributed by atoms with Crippen LogP contribution in [0.15, 0.2) is 0 Å². The average Bonchev–Trinajstić information content (AvgIpc) is 2.24. The quantitative estimate of drug-likeness (QED) is 0.427. The van der Waals surface area contributed by atoms with Gasteiger partial charge in [0.25, 0.3) is 0 Å². The van der Waals surface area contributed by atoms with Gasteiger partial charge in [-0.05, 0) is 27.7 Å². The Hall–Kier alpha value is -0.550. The van der Waals surface area contributed by atoms with Crippen LogP contribution in [0.2, 0.25) is 0 Å². The number of rotatable bonds is 7. The maximum atomic E-state index is 10.6. The molecule has 0 unspecified atom stereocenters. The van der Waals surface area contributed by atoms with E-state index in [0.717, 1.165) is 0 Å². The highest BCUT2D eigenvalue weighted by molar-refractivity contribution is 7.17. The van der Waals surface area contributed by atoms with Gasteiger partial charge in [0, 0.05) is 6.61 Å². The van der Waals surface area contributed by atoms with Gasteiger partial charge in [0.05, 0.1) is 19.3 Å². The van der Waals surface area contributed by atoms with E-state index in [4.69, 9.17) is 15.2 Å².